The highest BCUT2D eigenvalue weighted by molar-refractivity contribution is 5.93. The van der Waals surface area contributed by atoms with Crippen molar-refractivity contribution < 1.29 is 9.47 Å². The second-order valence-electron chi connectivity index (χ2n) is 9.09. The van der Waals surface area contributed by atoms with Gasteiger partial charge >= 0.3 is 0 Å². The van der Waals surface area contributed by atoms with Crippen LogP contribution in [0.1, 0.15) is 37.2 Å². The summed E-state index contributed by atoms with van der Waals surface area (Å²) in [6, 6.07) is 4.24. The number of hydrogen-bond donors (Lipinski definition) is 2. The Morgan fingerprint density at radius 2 is 1.97 bits per heavy atom. The van der Waals surface area contributed by atoms with Crippen LogP contribution in [0, 0.1) is 5.41 Å². The van der Waals surface area contributed by atoms with Crippen molar-refractivity contribution in [3.05, 3.63) is 23.9 Å². The highest BCUT2D eigenvalue weighted by Crippen LogP contribution is 2.49. The van der Waals surface area contributed by atoms with Crippen molar-refractivity contribution in [1.82, 2.24) is 25.0 Å². The van der Waals surface area contributed by atoms with Gasteiger partial charge in [-0.25, -0.2) is 4.98 Å². The molecule has 1 spiro atoms. The van der Waals surface area contributed by atoms with Crippen LogP contribution in [-0.4, -0.2) is 71.5 Å². The van der Waals surface area contributed by atoms with Crippen molar-refractivity contribution >= 4 is 22.7 Å². The summed E-state index contributed by atoms with van der Waals surface area (Å²) in [6.45, 7) is 5.07. The third-order valence-corrected chi connectivity index (χ3v) is 7.24. The summed E-state index contributed by atoms with van der Waals surface area (Å²) in [7, 11) is 1.93. The molecule has 1 saturated carbocycles. The molecule has 1 aliphatic carbocycles. The van der Waals surface area contributed by atoms with E-state index >= 15 is 0 Å². The molecule has 0 atom stereocenters. The molecule has 6 rings (SSSR count). The van der Waals surface area contributed by atoms with Crippen molar-refractivity contribution in [1.29, 1.82) is 0 Å². The molecule has 5 heterocycles. The van der Waals surface area contributed by atoms with Gasteiger partial charge in [0.25, 0.3) is 0 Å². The fourth-order valence-corrected chi connectivity index (χ4v) is 5.34. The van der Waals surface area contributed by atoms with Gasteiger partial charge < -0.3 is 19.7 Å². The third-order valence-electron chi connectivity index (χ3n) is 7.24. The van der Waals surface area contributed by atoms with Gasteiger partial charge in [0.15, 0.2) is 17.3 Å². The number of pyridine rings is 1. The molecule has 0 amide bonds. The van der Waals surface area contributed by atoms with E-state index in [9.17, 15) is 0 Å². The van der Waals surface area contributed by atoms with E-state index in [1.54, 1.807) is 6.20 Å². The van der Waals surface area contributed by atoms with E-state index in [4.69, 9.17) is 19.6 Å². The number of rotatable bonds is 4. The van der Waals surface area contributed by atoms with Gasteiger partial charge in [-0.2, -0.15) is 9.78 Å². The number of fused-ring (bicyclic) bond motifs is 1. The van der Waals surface area contributed by atoms with Gasteiger partial charge in [-0.1, -0.05) is 0 Å². The van der Waals surface area contributed by atoms with Gasteiger partial charge in [-0.15, -0.1) is 5.10 Å². The fraction of sp³-hybridized carbons (Fsp3) is 0.591. The molecule has 0 radical (unpaired) electrons. The molecule has 2 N–H and O–H groups in total. The second-order valence-corrected chi connectivity index (χ2v) is 9.09. The average Bonchev–Trinajstić information content (AvgIpc) is 3.46. The van der Waals surface area contributed by atoms with E-state index in [-0.39, 0.29) is 0 Å². The number of aromatic amines is 1. The van der Waals surface area contributed by atoms with Crippen LogP contribution < -0.4 is 10.2 Å². The fourth-order valence-electron chi connectivity index (χ4n) is 5.34. The zero-order valence-corrected chi connectivity index (χ0v) is 17.9. The van der Waals surface area contributed by atoms with E-state index in [1.165, 1.54) is 31.2 Å². The Balaban J connectivity index is 1.48. The van der Waals surface area contributed by atoms with E-state index in [2.05, 4.69) is 26.5 Å². The molecule has 31 heavy (non-hydrogen) atoms. The molecule has 3 aliphatic rings. The summed E-state index contributed by atoms with van der Waals surface area (Å²) in [5.41, 5.74) is 2.67. The number of ether oxygens (including phenoxy) is 2. The van der Waals surface area contributed by atoms with Crippen LogP contribution in [0.25, 0.3) is 16.9 Å². The minimum absolute atomic E-state index is 0.432. The van der Waals surface area contributed by atoms with Gasteiger partial charge in [-0.05, 0) is 43.2 Å². The van der Waals surface area contributed by atoms with E-state index in [1.807, 2.05) is 17.8 Å². The van der Waals surface area contributed by atoms with E-state index < -0.39 is 0 Å². The van der Waals surface area contributed by atoms with Crippen molar-refractivity contribution in [2.45, 2.75) is 31.6 Å². The minimum Gasteiger partial charge on any atom is -0.380 e. The molecular weight excluding hydrogens is 394 g/mol. The number of nitrogens with zero attached hydrogens (tertiary/aromatic N) is 5. The summed E-state index contributed by atoms with van der Waals surface area (Å²) in [5, 5.41) is 16.5. The van der Waals surface area contributed by atoms with Gasteiger partial charge in [0.1, 0.15) is 5.82 Å². The lowest BCUT2D eigenvalue weighted by Gasteiger charge is -2.46. The van der Waals surface area contributed by atoms with Crippen molar-refractivity contribution in [2.75, 3.05) is 56.8 Å². The topological polar surface area (TPSA) is 93.1 Å². The number of morpholine rings is 1. The first-order valence-corrected chi connectivity index (χ1v) is 11.3. The zero-order chi connectivity index (χ0) is 20.8. The molecule has 3 fully saturated rings. The van der Waals surface area contributed by atoms with Crippen LogP contribution >= 0.6 is 0 Å². The van der Waals surface area contributed by atoms with Crippen molar-refractivity contribution in [3.8, 4) is 5.82 Å². The molecule has 0 bridgehead atoms. The Kier molecular flexibility index (Phi) is 4.61. The highest BCUT2D eigenvalue weighted by atomic mass is 16.5. The Morgan fingerprint density at radius 3 is 2.61 bits per heavy atom. The molecule has 2 aliphatic heterocycles. The second kappa shape index (κ2) is 7.49. The predicted octanol–water partition coefficient (Wildman–Crippen LogP) is 2.70. The van der Waals surface area contributed by atoms with Gasteiger partial charge in [0.05, 0.1) is 38.0 Å². The lowest BCUT2D eigenvalue weighted by molar-refractivity contribution is -0.132. The summed E-state index contributed by atoms with van der Waals surface area (Å²) in [4.78, 5) is 7.43. The lowest BCUT2D eigenvalue weighted by Crippen LogP contribution is -2.44. The molecular formula is C22H29N7O2. The highest BCUT2D eigenvalue weighted by Gasteiger charge is 2.42. The summed E-state index contributed by atoms with van der Waals surface area (Å²) in [5.74, 6) is 3.20. The molecule has 9 heteroatoms. The predicted molar refractivity (Wildman–Crippen MR) is 118 cm³/mol. The van der Waals surface area contributed by atoms with Crippen LogP contribution in [0.5, 0.6) is 0 Å². The molecule has 9 nitrogen and oxygen atoms in total. The third kappa shape index (κ3) is 3.18. The van der Waals surface area contributed by atoms with Crippen LogP contribution in [0.4, 0.5) is 11.6 Å². The number of anilines is 2. The lowest BCUT2D eigenvalue weighted by atomic mass is 9.67. The first-order valence-electron chi connectivity index (χ1n) is 11.3. The first-order chi connectivity index (χ1) is 15.3. The van der Waals surface area contributed by atoms with Crippen LogP contribution in [0.2, 0.25) is 0 Å². The number of H-pyrrole nitrogens is 1. The van der Waals surface area contributed by atoms with Crippen LogP contribution in [-0.2, 0) is 9.47 Å². The van der Waals surface area contributed by atoms with Crippen molar-refractivity contribution in [2.24, 2.45) is 5.41 Å². The molecule has 0 unspecified atom stereocenters. The smallest absolute Gasteiger partial charge is 0.169 e. The number of hydrogen-bond acceptors (Lipinski definition) is 7. The molecule has 3 aromatic rings. The Bertz CT molecular complexity index is 1060. The Morgan fingerprint density at radius 1 is 1.16 bits per heavy atom. The zero-order valence-electron chi connectivity index (χ0n) is 17.9. The summed E-state index contributed by atoms with van der Waals surface area (Å²) in [6.07, 6.45) is 6.58. The van der Waals surface area contributed by atoms with Crippen LogP contribution in [0.15, 0.2) is 18.3 Å². The quantitative estimate of drug-likeness (QED) is 0.666. The average molecular weight is 424 g/mol. The van der Waals surface area contributed by atoms with Gasteiger partial charge in [0, 0.05) is 31.6 Å². The van der Waals surface area contributed by atoms with Gasteiger partial charge in [0.2, 0.25) is 0 Å². The monoisotopic (exact) mass is 423 g/mol. The maximum Gasteiger partial charge on any atom is 0.169 e. The molecule has 0 aromatic carbocycles. The normalized spacial score (nSPS) is 21.5. The van der Waals surface area contributed by atoms with Gasteiger partial charge in [-0.3, -0.25) is 5.10 Å². The van der Waals surface area contributed by atoms with E-state index in [0.717, 1.165) is 68.0 Å². The molecule has 164 valence electrons. The van der Waals surface area contributed by atoms with Crippen LogP contribution in [0.3, 0.4) is 0 Å². The summed E-state index contributed by atoms with van der Waals surface area (Å²) >= 11 is 0. The Labute approximate surface area is 181 Å². The maximum absolute atomic E-state index is 5.58. The SMILES string of the molecule is CNc1nn(-c2ccn[nH]2)c2nc(N3CCOCC3)cc(C3CCC4(CC3)COC4)c12. The standard InChI is InChI=1S/C22H29N7O2/c1-23-20-19-16(15-2-5-22(6-3-15)13-31-14-22)12-18(28-8-10-30-11-9-28)25-21(19)29(27-20)17-4-7-24-26-17/h4,7,12,15H,2-3,5-6,8-11,13-14H2,1H3,(H,23,27)(H,24,26). The summed E-state index contributed by atoms with van der Waals surface area (Å²) < 4.78 is 13.0. The maximum atomic E-state index is 5.58. The Hall–Kier alpha value is -2.65. The molecule has 3 aromatic heterocycles. The number of aromatic nitrogens is 5. The van der Waals surface area contributed by atoms with Crippen molar-refractivity contribution in [3.63, 3.8) is 0 Å². The first kappa shape index (κ1) is 19.1. The number of nitrogens with one attached hydrogen (secondary N) is 2. The molecule has 2 saturated heterocycles. The largest absolute Gasteiger partial charge is 0.380 e. The minimum atomic E-state index is 0.432. The van der Waals surface area contributed by atoms with E-state index in [0.29, 0.717) is 11.3 Å².